The maximum atomic E-state index is 9.58. The van der Waals surface area contributed by atoms with E-state index in [0.29, 0.717) is 11.5 Å². The maximum Gasteiger partial charge on any atom is 0.161 e. The van der Waals surface area contributed by atoms with E-state index >= 15 is 0 Å². The van der Waals surface area contributed by atoms with Crippen molar-refractivity contribution in [3.63, 3.8) is 0 Å². The van der Waals surface area contributed by atoms with Crippen molar-refractivity contribution in [1.29, 1.82) is 0 Å². The molecule has 2 aromatic carbocycles. The minimum atomic E-state index is 0.286. The van der Waals surface area contributed by atoms with Gasteiger partial charge in [0.15, 0.2) is 11.5 Å². The summed E-state index contributed by atoms with van der Waals surface area (Å²) in [5.74, 6) is 1.64. The quantitative estimate of drug-likeness (QED) is 0.919. The molecule has 20 heavy (non-hydrogen) atoms. The van der Waals surface area contributed by atoms with Gasteiger partial charge in [0.25, 0.3) is 0 Å². The van der Waals surface area contributed by atoms with E-state index in [4.69, 9.17) is 9.47 Å². The Morgan fingerprint density at radius 3 is 2.15 bits per heavy atom. The summed E-state index contributed by atoms with van der Waals surface area (Å²) in [5.41, 5.74) is 3.61. The Kier molecular flexibility index (Phi) is 3.99. The third-order valence-corrected chi connectivity index (χ3v) is 3.28. The third kappa shape index (κ3) is 2.62. The number of benzene rings is 2. The summed E-state index contributed by atoms with van der Waals surface area (Å²) in [6.45, 7) is 5.98. The number of rotatable bonds is 4. The van der Waals surface area contributed by atoms with E-state index in [1.165, 1.54) is 0 Å². The molecule has 0 aliphatic heterocycles. The van der Waals surface area contributed by atoms with Crippen LogP contribution in [0.5, 0.6) is 17.2 Å². The molecule has 1 N–H and O–H groups in total. The molecule has 0 radical (unpaired) electrons. The first-order valence-electron chi connectivity index (χ1n) is 6.28. The fraction of sp³-hybridized carbons (Fsp3) is 0.176. The Balaban J connectivity index is 2.40. The molecule has 104 valence electrons. The van der Waals surface area contributed by atoms with Gasteiger partial charge in [-0.25, -0.2) is 0 Å². The zero-order chi connectivity index (χ0) is 14.7. The summed E-state index contributed by atoms with van der Waals surface area (Å²) in [6.07, 6.45) is 0. The number of methoxy groups -OCH3 is 2. The standard InChI is InChI=1S/C17H18O3/c1-11-9-13(5-7-15(11)18)12(2)14-6-8-16(19-3)17(10-14)20-4/h5-10,18H,2H2,1,3-4H3. The smallest absolute Gasteiger partial charge is 0.161 e. The Morgan fingerprint density at radius 2 is 1.55 bits per heavy atom. The SMILES string of the molecule is C=C(c1ccc(O)c(C)c1)c1ccc(OC)c(OC)c1. The second kappa shape index (κ2) is 5.70. The molecule has 3 heteroatoms. The number of phenolic OH excluding ortho intramolecular Hbond substituents is 1. The van der Waals surface area contributed by atoms with Crippen LogP contribution in [0.15, 0.2) is 43.0 Å². The van der Waals surface area contributed by atoms with Crippen LogP contribution in [0.1, 0.15) is 16.7 Å². The van der Waals surface area contributed by atoms with Crippen molar-refractivity contribution in [3.8, 4) is 17.2 Å². The zero-order valence-electron chi connectivity index (χ0n) is 11.9. The molecule has 0 bridgehead atoms. The topological polar surface area (TPSA) is 38.7 Å². The van der Waals surface area contributed by atoms with Crippen molar-refractivity contribution in [2.24, 2.45) is 0 Å². The van der Waals surface area contributed by atoms with Crippen molar-refractivity contribution in [2.45, 2.75) is 6.92 Å². The molecule has 2 rings (SSSR count). The lowest BCUT2D eigenvalue weighted by Crippen LogP contribution is -1.93. The number of aromatic hydroxyl groups is 1. The molecule has 0 saturated carbocycles. The molecule has 0 amide bonds. The van der Waals surface area contributed by atoms with Crippen LogP contribution in [0.2, 0.25) is 0 Å². The first kappa shape index (κ1) is 14.0. The van der Waals surface area contributed by atoms with E-state index < -0.39 is 0 Å². The summed E-state index contributed by atoms with van der Waals surface area (Å²) >= 11 is 0. The van der Waals surface area contributed by atoms with Gasteiger partial charge in [-0.1, -0.05) is 18.7 Å². The van der Waals surface area contributed by atoms with Crippen LogP contribution in [0, 0.1) is 6.92 Å². The average molecular weight is 270 g/mol. The summed E-state index contributed by atoms with van der Waals surface area (Å²) in [4.78, 5) is 0. The van der Waals surface area contributed by atoms with Gasteiger partial charge in [-0.05, 0) is 53.5 Å². The second-order valence-electron chi connectivity index (χ2n) is 4.55. The van der Waals surface area contributed by atoms with E-state index in [0.717, 1.165) is 22.3 Å². The third-order valence-electron chi connectivity index (χ3n) is 3.28. The Labute approximate surface area is 119 Å². The molecular formula is C17H18O3. The summed E-state index contributed by atoms with van der Waals surface area (Å²) in [5, 5.41) is 9.58. The van der Waals surface area contributed by atoms with Gasteiger partial charge in [0.2, 0.25) is 0 Å². The van der Waals surface area contributed by atoms with E-state index in [-0.39, 0.29) is 5.75 Å². The molecular weight excluding hydrogens is 252 g/mol. The van der Waals surface area contributed by atoms with Crippen molar-refractivity contribution >= 4 is 5.57 Å². The predicted molar refractivity (Wildman–Crippen MR) is 80.5 cm³/mol. The van der Waals surface area contributed by atoms with E-state index in [2.05, 4.69) is 6.58 Å². The lowest BCUT2D eigenvalue weighted by Gasteiger charge is -2.12. The van der Waals surface area contributed by atoms with Gasteiger partial charge in [0, 0.05) is 0 Å². The van der Waals surface area contributed by atoms with Gasteiger partial charge in [-0.15, -0.1) is 0 Å². The highest BCUT2D eigenvalue weighted by molar-refractivity contribution is 5.79. The number of ether oxygens (including phenoxy) is 2. The Hall–Kier alpha value is -2.42. The van der Waals surface area contributed by atoms with Crippen molar-refractivity contribution in [2.75, 3.05) is 14.2 Å². The first-order chi connectivity index (χ1) is 9.56. The number of aryl methyl sites for hydroxylation is 1. The van der Waals surface area contributed by atoms with E-state index in [1.54, 1.807) is 20.3 Å². The minimum Gasteiger partial charge on any atom is -0.508 e. The summed E-state index contributed by atoms with van der Waals surface area (Å²) < 4.78 is 10.5. The molecule has 0 aliphatic carbocycles. The summed E-state index contributed by atoms with van der Waals surface area (Å²) in [6, 6.07) is 11.1. The van der Waals surface area contributed by atoms with Crippen molar-refractivity contribution in [1.82, 2.24) is 0 Å². The van der Waals surface area contributed by atoms with Crippen molar-refractivity contribution < 1.29 is 14.6 Å². The van der Waals surface area contributed by atoms with Crippen molar-refractivity contribution in [3.05, 3.63) is 59.7 Å². The van der Waals surface area contributed by atoms with Crippen LogP contribution in [0.25, 0.3) is 5.57 Å². The Morgan fingerprint density at radius 1 is 0.950 bits per heavy atom. The van der Waals surface area contributed by atoms with E-state index in [9.17, 15) is 5.11 Å². The van der Waals surface area contributed by atoms with Crippen LogP contribution < -0.4 is 9.47 Å². The molecule has 0 aliphatic rings. The molecule has 0 atom stereocenters. The number of hydrogen-bond acceptors (Lipinski definition) is 3. The molecule has 0 saturated heterocycles. The molecule has 0 spiro atoms. The van der Waals surface area contributed by atoms with Gasteiger partial charge < -0.3 is 14.6 Å². The van der Waals surface area contributed by atoms with Crippen LogP contribution in [-0.2, 0) is 0 Å². The molecule has 0 aromatic heterocycles. The largest absolute Gasteiger partial charge is 0.508 e. The van der Waals surface area contributed by atoms with Gasteiger partial charge in [0.05, 0.1) is 14.2 Å². The van der Waals surface area contributed by atoms with Crippen LogP contribution in [-0.4, -0.2) is 19.3 Å². The fourth-order valence-electron chi connectivity index (χ4n) is 2.03. The number of hydrogen-bond donors (Lipinski definition) is 1. The fourth-order valence-corrected chi connectivity index (χ4v) is 2.03. The Bertz CT molecular complexity index is 645. The van der Waals surface area contributed by atoms with Gasteiger partial charge in [-0.3, -0.25) is 0 Å². The predicted octanol–water partition coefficient (Wildman–Crippen LogP) is 3.78. The second-order valence-corrected chi connectivity index (χ2v) is 4.55. The van der Waals surface area contributed by atoms with E-state index in [1.807, 2.05) is 37.3 Å². The van der Waals surface area contributed by atoms with Crippen LogP contribution >= 0.6 is 0 Å². The highest BCUT2D eigenvalue weighted by Gasteiger charge is 2.09. The minimum absolute atomic E-state index is 0.286. The monoisotopic (exact) mass is 270 g/mol. The van der Waals surface area contributed by atoms with Crippen LogP contribution in [0.4, 0.5) is 0 Å². The average Bonchev–Trinajstić information content (AvgIpc) is 2.48. The first-order valence-corrected chi connectivity index (χ1v) is 6.28. The maximum absolute atomic E-state index is 9.58. The lowest BCUT2D eigenvalue weighted by molar-refractivity contribution is 0.355. The molecule has 2 aromatic rings. The highest BCUT2D eigenvalue weighted by atomic mass is 16.5. The zero-order valence-corrected chi connectivity index (χ0v) is 11.9. The van der Waals surface area contributed by atoms with Gasteiger partial charge in [-0.2, -0.15) is 0 Å². The summed E-state index contributed by atoms with van der Waals surface area (Å²) in [7, 11) is 3.21. The molecule has 0 fully saturated rings. The molecule has 0 unspecified atom stereocenters. The van der Waals surface area contributed by atoms with Crippen LogP contribution in [0.3, 0.4) is 0 Å². The normalized spacial score (nSPS) is 10.2. The lowest BCUT2D eigenvalue weighted by atomic mass is 9.97. The molecule has 3 nitrogen and oxygen atoms in total. The molecule has 0 heterocycles. The number of phenols is 1. The highest BCUT2D eigenvalue weighted by Crippen LogP contribution is 2.33. The van der Waals surface area contributed by atoms with Gasteiger partial charge >= 0.3 is 0 Å². The van der Waals surface area contributed by atoms with Gasteiger partial charge in [0.1, 0.15) is 5.75 Å².